The number of halogens is 4. The van der Waals surface area contributed by atoms with E-state index in [2.05, 4.69) is 19.6 Å². The van der Waals surface area contributed by atoms with Crippen molar-refractivity contribution in [2.75, 3.05) is 0 Å². The van der Waals surface area contributed by atoms with Crippen LogP contribution in [0.5, 0.6) is 0 Å². The van der Waals surface area contributed by atoms with E-state index in [9.17, 15) is 13.2 Å². The Labute approximate surface area is 126 Å². The molecule has 0 spiro atoms. The van der Waals surface area contributed by atoms with Crippen LogP contribution in [-0.2, 0) is 6.18 Å². The lowest BCUT2D eigenvalue weighted by Gasteiger charge is -2.01. The largest absolute Gasteiger partial charge is 0.452 e. The average Bonchev–Trinajstić information content (AvgIpc) is 3.05. The van der Waals surface area contributed by atoms with Crippen LogP contribution in [0.3, 0.4) is 0 Å². The van der Waals surface area contributed by atoms with E-state index >= 15 is 0 Å². The molecule has 0 saturated carbocycles. The molecule has 0 fully saturated rings. The smallest absolute Gasteiger partial charge is 0.436 e. The molecule has 0 amide bonds. The maximum absolute atomic E-state index is 12.9. The van der Waals surface area contributed by atoms with Crippen molar-refractivity contribution in [2.45, 2.75) is 13.1 Å². The van der Waals surface area contributed by atoms with Gasteiger partial charge in [-0.05, 0) is 24.3 Å². The van der Waals surface area contributed by atoms with Gasteiger partial charge in [0.1, 0.15) is 0 Å². The molecule has 0 saturated heterocycles. The molecule has 0 unspecified atom stereocenters. The van der Waals surface area contributed by atoms with Crippen LogP contribution < -0.4 is 0 Å². The highest BCUT2D eigenvalue weighted by molar-refractivity contribution is 6.30. The highest BCUT2D eigenvalue weighted by Crippen LogP contribution is 2.37. The van der Waals surface area contributed by atoms with Gasteiger partial charge in [-0.2, -0.15) is 13.2 Å². The number of oxazole rings is 1. The topological polar surface area (TPSA) is 65.0 Å². The summed E-state index contributed by atoms with van der Waals surface area (Å²) in [6.45, 7) is 1.30. The first-order chi connectivity index (χ1) is 10.3. The zero-order valence-electron chi connectivity index (χ0n) is 11.0. The van der Waals surface area contributed by atoms with Crippen LogP contribution in [0, 0.1) is 6.92 Å². The van der Waals surface area contributed by atoms with Gasteiger partial charge >= 0.3 is 6.18 Å². The van der Waals surface area contributed by atoms with Gasteiger partial charge < -0.3 is 8.83 Å². The molecule has 9 heteroatoms. The minimum absolute atomic E-state index is 0.0560. The van der Waals surface area contributed by atoms with Crippen molar-refractivity contribution in [3.8, 4) is 23.0 Å². The molecule has 1 aromatic carbocycles. The summed E-state index contributed by atoms with van der Waals surface area (Å²) in [6, 6.07) is 6.42. The van der Waals surface area contributed by atoms with E-state index in [1.165, 1.54) is 6.92 Å². The van der Waals surface area contributed by atoms with Gasteiger partial charge in [0.2, 0.25) is 11.7 Å². The molecule has 3 rings (SSSR count). The standard InChI is InChI=1S/C13H7ClF3N3O2/c1-6-18-9(10(21-6)13(15,16)17)12-20-19-11(22-12)7-2-4-8(14)5-3-7/h2-5H,1H3. The van der Waals surface area contributed by atoms with Crippen LogP contribution in [-0.4, -0.2) is 15.2 Å². The lowest BCUT2D eigenvalue weighted by Crippen LogP contribution is -2.05. The van der Waals surface area contributed by atoms with Gasteiger partial charge in [-0.3, -0.25) is 0 Å². The second-order valence-electron chi connectivity index (χ2n) is 4.33. The van der Waals surface area contributed by atoms with Gasteiger partial charge in [0, 0.05) is 17.5 Å². The van der Waals surface area contributed by atoms with E-state index in [4.69, 9.17) is 16.0 Å². The second kappa shape index (κ2) is 5.13. The van der Waals surface area contributed by atoms with Crippen LogP contribution in [0.2, 0.25) is 5.02 Å². The first-order valence-electron chi connectivity index (χ1n) is 5.99. The van der Waals surface area contributed by atoms with Crippen molar-refractivity contribution < 1.29 is 22.0 Å². The Kier molecular flexibility index (Phi) is 3.40. The fraction of sp³-hybridized carbons (Fsp3) is 0.154. The molecule has 0 aliphatic heterocycles. The van der Waals surface area contributed by atoms with Crippen LogP contribution in [0.15, 0.2) is 33.1 Å². The number of aromatic nitrogens is 3. The zero-order valence-corrected chi connectivity index (χ0v) is 11.7. The number of rotatable bonds is 2. The van der Waals surface area contributed by atoms with Crippen molar-refractivity contribution in [2.24, 2.45) is 0 Å². The molecule has 3 aromatic rings. The summed E-state index contributed by atoms with van der Waals surface area (Å²) in [7, 11) is 0. The molecule has 0 aliphatic carbocycles. The van der Waals surface area contributed by atoms with Crippen molar-refractivity contribution >= 4 is 11.6 Å². The third-order valence-corrected chi connectivity index (χ3v) is 2.96. The molecular weight excluding hydrogens is 323 g/mol. The van der Waals surface area contributed by atoms with Gasteiger partial charge in [-0.15, -0.1) is 10.2 Å². The average molecular weight is 330 g/mol. The van der Waals surface area contributed by atoms with E-state index in [1.54, 1.807) is 24.3 Å². The summed E-state index contributed by atoms with van der Waals surface area (Å²) < 4.78 is 48.5. The number of alkyl halides is 3. The quantitative estimate of drug-likeness (QED) is 0.698. The number of hydrogen-bond acceptors (Lipinski definition) is 5. The summed E-state index contributed by atoms with van der Waals surface area (Å²) in [5.41, 5.74) is -0.00496. The molecule has 2 aromatic heterocycles. The summed E-state index contributed by atoms with van der Waals surface area (Å²) in [5.74, 6) is -1.72. The Morgan fingerprint density at radius 3 is 2.27 bits per heavy atom. The molecule has 114 valence electrons. The molecular formula is C13H7ClF3N3O2. The summed E-state index contributed by atoms with van der Waals surface area (Å²) in [4.78, 5) is 3.66. The van der Waals surface area contributed by atoms with E-state index < -0.39 is 17.6 Å². The lowest BCUT2D eigenvalue weighted by atomic mass is 10.2. The number of hydrogen-bond donors (Lipinski definition) is 0. The van der Waals surface area contributed by atoms with Gasteiger partial charge in [-0.25, -0.2) is 4.98 Å². The maximum Gasteiger partial charge on any atom is 0.452 e. The molecule has 0 N–H and O–H groups in total. The monoisotopic (exact) mass is 329 g/mol. The predicted octanol–water partition coefficient (Wildman–Crippen LogP) is 4.37. The third kappa shape index (κ3) is 2.69. The van der Waals surface area contributed by atoms with Crippen molar-refractivity contribution in [1.29, 1.82) is 0 Å². The normalized spacial score (nSPS) is 11.9. The molecule has 5 nitrogen and oxygen atoms in total. The van der Waals surface area contributed by atoms with Gasteiger partial charge in [0.05, 0.1) is 0 Å². The SMILES string of the molecule is Cc1nc(-c2nnc(-c3ccc(Cl)cc3)o2)c(C(F)(F)F)o1. The molecule has 22 heavy (non-hydrogen) atoms. The first kappa shape index (κ1) is 14.6. The van der Waals surface area contributed by atoms with Crippen molar-refractivity contribution in [3.05, 3.63) is 40.9 Å². The van der Waals surface area contributed by atoms with Gasteiger partial charge in [-0.1, -0.05) is 11.6 Å². The Morgan fingerprint density at radius 1 is 1.00 bits per heavy atom. The van der Waals surface area contributed by atoms with E-state index in [-0.39, 0.29) is 17.7 Å². The second-order valence-corrected chi connectivity index (χ2v) is 4.76. The van der Waals surface area contributed by atoms with Crippen LogP contribution in [0.25, 0.3) is 23.0 Å². The van der Waals surface area contributed by atoms with Crippen LogP contribution in [0.4, 0.5) is 13.2 Å². The minimum Gasteiger partial charge on any atom is -0.436 e. The van der Waals surface area contributed by atoms with Gasteiger partial charge in [0.25, 0.3) is 5.89 Å². The van der Waals surface area contributed by atoms with Crippen LogP contribution >= 0.6 is 11.6 Å². The fourth-order valence-electron chi connectivity index (χ4n) is 1.79. The van der Waals surface area contributed by atoms with Crippen molar-refractivity contribution in [3.63, 3.8) is 0 Å². The molecule has 2 heterocycles. The zero-order chi connectivity index (χ0) is 15.9. The molecule has 0 atom stereocenters. The summed E-state index contributed by atoms with van der Waals surface area (Å²) >= 11 is 5.76. The fourth-order valence-corrected chi connectivity index (χ4v) is 1.92. The third-order valence-electron chi connectivity index (χ3n) is 2.71. The Hall–Kier alpha value is -2.35. The molecule has 0 bridgehead atoms. The summed E-state index contributed by atoms with van der Waals surface area (Å²) in [5, 5.41) is 7.83. The van der Waals surface area contributed by atoms with Gasteiger partial charge in [0.15, 0.2) is 11.6 Å². The Bertz CT molecular complexity index is 809. The molecule has 0 radical (unpaired) electrons. The maximum atomic E-state index is 12.9. The Morgan fingerprint density at radius 2 is 1.64 bits per heavy atom. The first-order valence-corrected chi connectivity index (χ1v) is 6.37. The Balaban J connectivity index is 2.03. The summed E-state index contributed by atoms with van der Waals surface area (Å²) in [6.07, 6.45) is -4.70. The van der Waals surface area contributed by atoms with E-state index in [0.717, 1.165) is 0 Å². The number of nitrogens with zero attached hydrogens (tertiary/aromatic N) is 3. The highest BCUT2D eigenvalue weighted by Gasteiger charge is 2.41. The predicted molar refractivity (Wildman–Crippen MR) is 70.0 cm³/mol. The lowest BCUT2D eigenvalue weighted by molar-refractivity contribution is -0.152. The number of aryl methyl sites for hydroxylation is 1. The minimum atomic E-state index is -4.70. The van der Waals surface area contributed by atoms with Crippen LogP contribution in [0.1, 0.15) is 11.7 Å². The highest BCUT2D eigenvalue weighted by atomic mass is 35.5. The molecule has 0 aliphatic rings. The number of benzene rings is 1. The van der Waals surface area contributed by atoms with Crippen molar-refractivity contribution in [1.82, 2.24) is 15.2 Å². The van der Waals surface area contributed by atoms with E-state index in [1.807, 2.05) is 0 Å². The van der Waals surface area contributed by atoms with E-state index in [0.29, 0.717) is 10.6 Å².